The van der Waals surface area contributed by atoms with E-state index >= 15 is 0 Å². The molecule has 0 radical (unpaired) electrons. The second-order valence-corrected chi connectivity index (χ2v) is 5.28. The Hall–Kier alpha value is -2.13. The molecule has 0 amide bonds. The van der Waals surface area contributed by atoms with Crippen molar-refractivity contribution in [3.8, 4) is 11.1 Å². The standard InChI is InChI=1S/C18H18O3/c1-20-18(19)16-8-6-15(7-9-16)14-4-2-13(3-5-14)12-21-17-10-11-17/h2-9,17H,10-12H2,1H3. The second-order valence-electron chi connectivity index (χ2n) is 5.28. The van der Waals surface area contributed by atoms with Crippen molar-refractivity contribution >= 4 is 5.97 Å². The maximum atomic E-state index is 11.4. The minimum Gasteiger partial charge on any atom is -0.465 e. The predicted molar refractivity (Wildman–Crippen MR) is 81.0 cm³/mol. The van der Waals surface area contributed by atoms with Crippen LogP contribution in [0.15, 0.2) is 48.5 Å². The van der Waals surface area contributed by atoms with E-state index in [1.807, 2.05) is 12.1 Å². The van der Waals surface area contributed by atoms with E-state index in [2.05, 4.69) is 24.3 Å². The van der Waals surface area contributed by atoms with Gasteiger partial charge in [0.25, 0.3) is 0 Å². The summed E-state index contributed by atoms with van der Waals surface area (Å²) in [4.78, 5) is 11.4. The molecule has 1 aliphatic rings. The van der Waals surface area contributed by atoms with Gasteiger partial charge in [-0.05, 0) is 41.7 Å². The first-order valence-corrected chi connectivity index (χ1v) is 7.15. The quantitative estimate of drug-likeness (QED) is 0.782. The lowest BCUT2D eigenvalue weighted by Gasteiger charge is -2.06. The van der Waals surface area contributed by atoms with Gasteiger partial charge in [-0.15, -0.1) is 0 Å². The summed E-state index contributed by atoms with van der Waals surface area (Å²) in [7, 11) is 1.39. The minimum atomic E-state index is -0.311. The van der Waals surface area contributed by atoms with Crippen LogP contribution in [0.3, 0.4) is 0 Å². The van der Waals surface area contributed by atoms with Crippen LogP contribution in [0, 0.1) is 0 Å². The molecule has 2 aromatic rings. The van der Waals surface area contributed by atoms with Crippen LogP contribution in [0.4, 0.5) is 0 Å². The van der Waals surface area contributed by atoms with Gasteiger partial charge >= 0.3 is 5.97 Å². The Balaban J connectivity index is 1.69. The molecule has 3 nitrogen and oxygen atoms in total. The highest BCUT2D eigenvalue weighted by molar-refractivity contribution is 5.89. The minimum absolute atomic E-state index is 0.311. The molecule has 0 aliphatic heterocycles. The third kappa shape index (κ3) is 3.50. The average molecular weight is 282 g/mol. The highest BCUT2D eigenvalue weighted by atomic mass is 16.5. The Bertz CT molecular complexity index is 610. The van der Waals surface area contributed by atoms with Crippen LogP contribution >= 0.6 is 0 Å². The number of carbonyl (C=O) groups is 1. The Morgan fingerprint density at radius 1 is 1.00 bits per heavy atom. The lowest BCUT2D eigenvalue weighted by atomic mass is 10.0. The van der Waals surface area contributed by atoms with Crippen molar-refractivity contribution in [2.24, 2.45) is 0 Å². The zero-order valence-corrected chi connectivity index (χ0v) is 12.0. The van der Waals surface area contributed by atoms with Crippen molar-refractivity contribution < 1.29 is 14.3 Å². The van der Waals surface area contributed by atoms with Gasteiger partial charge in [-0.1, -0.05) is 36.4 Å². The van der Waals surface area contributed by atoms with Gasteiger partial charge in [-0.3, -0.25) is 0 Å². The van der Waals surface area contributed by atoms with E-state index in [4.69, 9.17) is 9.47 Å². The smallest absolute Gasteiger partial charge is 0.337 e. The van der Waals surface area contributed by atoms with Crippen molar-refractivity contribution in [3.05, 3.63) is 59.7 Å². The lowest BCUT2D eigenvalue weighted by Crippen LogP contribution is -2.00. The molecule has 21 heavy (non-hydrogen) atoms. The molecule has 0 saturated heterocycles. The zero-order chi connectivity index (χ0) is 14.7. The largest absolute Gasteiger partial charge is 0.465 e. The number of carbonyl (C=O) groups excluding carboxylic acids is 1. The number of rotatable bonds is 5. The number of hydrogen-bond donors (Lipinski definition) is 0. The Kier molecular flexibility index (Phi) is 4.02. The Morgan fingerprint density at radius 3 is 2.10 bits per heavy atom. The molecule has 1 fully saturated rings. The molecule has 0 aromatic heterocycles. The second kappa shape index (κ2) is 6.10. The molecular weight excluding hydrogens is 264 g/mol. The van der Waals surface area contributed by atoms with Crippen molar-refractivity contribution in [1.82, 2.24) is 0 Å². The molecule has 108 valence electrons. The zero-order valence-electron chi connectivity index (χ0n) is 12.0. The summed E-state index contributed by atoms with van der Waals surface area (Å²) in [6.45, 7) is 0.687. The molecule has 0 atom stereocenters. The molecular formula is C18H18O3. The number of hydrogen-bond acceptors (Lipinski definition) is 3. The maximum Gasteiger partial charge on any atom is 0.337 e. The van der Waals surface area contributed by atoms with Gasteiger partial charge < -0.3 is 9.47 Å². The van der Waals surface area contributed by atoms with E-state index in [-0.39, 0.29) is 5.97 Å². The summed E-state index contributed by atoms with van der Waals surface area (Å²) in [6, 6.07) is 15.8. The fourth-order valence-electron chi connectivity index (χ4n) is 2.16. The molecule has 3 heteroatoms. The van der Waals surface area contributed by atoms with Crippen LogP contribution in [0.2, 0.25) is 0 Å². The third-order valence-corrected chi connectivity index (χ3v) is 3.60. The SMILES string of the molecule is COC(=O)c1ccc(-c2ccc(COC3CC3)cc2)cc1. The normalized spacial score (nSPS) is 14.0. The number of ether oxygens (including phenoxy) is 2. The first kappa shape index (κ1) is 13.8. The summed E-state index contributed by atoms with van der Waals surface area (Å²) in [5.74, 6) is -0.311. The van der Waals surface area contributed by atoms with Crippen molar-refractivity contribution in [3.63, 3.8) is 0 Å². The van der Waals surface area contributed by atoms with Gasteiger partial charge in [0, 0.05) is 0 Å². The first-order chi connectivity index (χ1) is 10.3. The number of methoxy groups -OCH3 is 1. The van der Waals surface area contributed by atoms with Crippen LogP contribution in [0.5, 0.6) is 0 Å². The van der Waals surface area contributed by atoms with E-state index in [1.54, 1.807) is 12.1 Å². The van der Waals surface area contributed by atoms with Crippen LogP contribution in [-0.2, 0) is 16.1 Å². The third-order valence-electron chi connectivity index (χ3n) is 3.60. The molecule has 2 aromatic carbocycles. The predicted octanol–water partition coefficient (Wildman–Crippen LogP) is 3.82. The molecule has 0 N–H and O–H groups in total. The molecule has 3 rings (SSSR count). The first-order valence-electron chi connectivity index (χ1n) is 7.15. The van der Waals surface area contributed by atoms with Crippen molar-refractivity contribution in [1.29, 1.82) is 0 Å². The number of esters is 1. The van der Waals surface area contributed by atoms with E-state index in [9.17, 15) is 4.79 Å². The molecule has 0 bridgehead atoms. The lowest BCUT2D eigenvalue weighted by molar-refractivity contribution is 0.0601. The van der Waals surface area contributed by atoms with Gasteiger partial charge in [-0.2, -0.15) is 0 Å². The molecule has 0 spiro atoms. The van der Waals surface area contributed by atoms with Gasteiger partial charge in [-0.25, -0.2) is 4.79 Å². The maximum absolute atomic E-state index is 11.4. The molecule has 1 aliphatic carbocycles. The van der Waals surface area contributed by atoms with Crippen molar-refractivity contribution in [2.75, 3.05) is 7.11 Å². The molecule has 0 unspecified atom stereocenters. The number of benzene rings is 2. The fraction of sp³-hybridized carbons (Fsp3) is 0.278. The van der Waals surface area contributed by atoms with Crippen LogP contribution in [0.1, 0.15) is 28.8 Å². The summed E-state index contributed by atoms with van der Waals surface area (Å²) < 4.78 is 10.4. The Morgan fingerprint density at radius 2 is 1.57 bits per heavy atom. The average Bonchev–Trinajstić information content (AvgIpc) is 3.37. The highest BCUT2D eigenvalue weighted by Gasteiger charge is 2.21. The van der Waals surface area contributed by atoms with Crippen LogP contribution in [-0.4, -0.2) is 19.2 Å². The van der Waals surface area contributed by atoms with Gasteiger partial charge in [0.1, 0.15) is 0 Å². The monoisotopic (exact) mass is 282 g/mol. The molecule has 1 saturated carbocycles. The van der Waals surface area contributed by atoms with Gasteiger partial charge in [0.05, 0.1) is 25.4 Å². The highest BCUT2D eigenvalue weighted by Crippen LogP contribution is 2.25. The Labute approximate surface area is 124 Å². The fourth-order valence-corrected chi connectivity index (χ4v) is 2.16. The van der Waals surface area contributed by atoms with E-state index in [0.717, 1.165) is 11.1 Å². The summed E-state index contributed by atoms with van der Waals surface area (Å²) in [5, 5.41) is 0. The van der Waals surface area contributed by atoms with E-state index < -0.39 is 0 Å². The van der Waals surface area contributed by atoms with E-state index in [1.165, 1.54) is 25.5 Å². The van der Waals surface area contributed by atoms with Crippen LogP contribution < -0.4 is 0 Å². The summed E-state index contributed by atoms with van der Waals surface area (Å²) >= 11 is 0. The summed E-state index contributed by atoms with van der Waals surface area (Å²) in [5.41, 5.74) is 3.96. The van der Waals surface area contributed by atoms with Crippen molar-refractivity contribution in [2.45, 2.75) is 25.6 Å². The van der Waals surface area contributed by atoms with Gasteiger partial charge in [0.15, 0.2) is 0 Å². The summed E-state index contributed by atoms with van der Waals surface area (Å²) in [6.07, 6.45) is 2.88. The van der Waals surface area contributed by atoms with Crippen LogP contribution in [0.25, 0.3) is 11.1 Å². The van der Waals surface area contributed by atoms with E-state index in [0.29, 0.717) is 18.3 Å². The topological polar surface area (TPSA) is 35.5 Å². The molecule has 0 heterocycles. The van der Waals surface area contributed by atoms with Gasteiger partial charge in [0.2, 0.25) is 0 Å².